The third-order valence-corrected chi connectivity index (χ3v) is 3.81. The van der Waals surface area contributed by atoms with Crippen molar-refractivity contribution in [3.63, 3.8) is 0 Å². The van der Waals surface area contributed by atoms with E-state index in [-0.39, 0.29) is 6.04 Å². The third kappa shape index (κ3) is 3.19. The maximum atomic E-state index is 13.3. The summed E-state index contributed by atoms with van der Waals surface area (Å²) in [4.78, 5) is 0. The van der Waals surface area contributed by atoms with Gasteiger partial charge < -0.3 is 14.5 Å². The van der Waals surface area contributed by atoms with Crippen LogP contribution in [0, 0.1) is 11.6 Å². The summed E-state index contributed by atoms with van der Waals surface area (Å²) in [6, 6.07) is 11.4. The van der Waals surface area contributed by atoms with Gasteiger partial charge in [0.15, 0.2) is 23.0 Å². The number of rotatable bonds is 5. The Labute approximate surface area is 132 Å². The average Bonchev–Trinajstić information content (AvgIpc) is 2.98. The van der Waals surface area contributed by atoms with Gasteiger partial charge in [-0.15, -0.1) is 0 Å². The van der Waals surface area contributed by atoms with Gasteiger partial charge in [-0.25, -0.2) is 8.78 Å². The zero-order valence-corrected chi connectivity index (χ0v) is 12.9. The molecule has 23 heavy (non-hydrogen) atoms. The first kappa shape index (κ1) is 15.5. The molecular formula is C18H17F2NO2. The predicted octanol–water partition coefficient (Wildman–Crippen LogP) is 4.57. The fourth-order valence-corrected chi connectivity index (χ4v) is 2.49. The van der Waals surface area contributed by atoms with E-state index in [4.69, 9.17) is 9.15 Å². The number of ether oxygens (including phenoxy) is 1. The highest BCUT2D eigenvalue weighted by Crippen LogP contribution is 2.28. The van der Waals surface area contributed by atoms with Crippen LogP contribution in [-0.2, 0) is 6.54 Å². The third-order valence-electron chi connectivity index (χ3n) is 3.81. The van der Waals surface area contributed by atoms with Crippen molar-refractivity contribution in [3.8, 4) is 5.75 Å². The molecule has 0 saturated carbocycles. The van der Waals surface area contributed by atoms with E-state index < -0.39 is 11.6 Å². The second-order valence-corrected chi connectivity index (χ2v) is 5.37. The van der Waals surface area contributed by atoms with Crippen LogP contribution in [0.3, 0.4) is 0 Å². The van der Waals surface area contributed by atoms with Crippen molar-refractivity contribution in [1.29, 1.82) is 0 Å². The van der Waals surface area contributed by atoms with Crippen LogP contribution in [0.5, 0.6) is 5.75 Å². The highest BCUT2D eigenvalue weighted by atomic mass is 19.2. The van der Waals surface area contributed by atoms with Gasteiger partial charge >= 0.3 is 0 Å². The van der Waals surface area contributed by atoms with Crippen molar-refractivity contribution in [2.45, 2.75) is 19.5 Å². The fraction of sp³-hybridized carbons (Fsp3) is 0.222. The summed E-state index contributed by atoms with van der Waals surface area (Å²) in [7, 11) is 1.60. The average molecular weight is 317 g/mol. The topological polar surface area (TPSA) is 34.4 Å². The van der Waals surface area contributed by atoms with E-state index in [9.17, 15) is 8.78 Å². The van der Waals surface area contributed by atoms with Gasteiger partial charge in [0.25, 0.3) is 0 Å². The highest BCUT2D eigenvalue weighted by molar-refractivity contribution is 5.83. The first-order valence-corrected chi connectivity index (χ1v) is 7.32. The molecule has 1 aromatic heterocycles. The molecule has 0 aliphatic rings. The van der Waals surface area contributed by atoms with E-state index in [0.717, 1.165) is 17.2 Å². The van der Waals surface area contributed by atoms with Gasteiger partial charge in [-0.3, -0.25) is 0 Å². The van der Waals surface area contributed by atoms with Crippen LogP contribution in [0.4, 0.5) is 8.78 Å². The Morgan fingerprint density at radius 1 is 1.13 bits per heavy atom. The van der Waals surface area contributed by atoms with Crippen LogP contribution in [0.25, 0.3) is 11.0 Å². The molecule has 0 fully saturated rings. The molecule has 120 valence electrons. The summed E-state index contributed by atoms with van der Waals surface area (Å²) in [6.07, 6.45) is 0. The number of hydrogen-bond donors (Lipinski definition) is 1. The van der Waals surface area contributed by atoms with E-state index in [0.29, 0.717) is 23.4 Å². The number of halogens is 2. The van der Waals surface area contributed by atoms with Gasteiger partial charge in [0.1, 0.15) is 5.76 Å². The molecule has 5 heteroatoms. The Bertz CT molecular complexity index is 829. The molecular weight excluding hydrogens is 300 g/mol. The minimum absolute atomic E-state index is 0.139. The zero-order valence-electron chi connectivity index (χ0n) is 12.9. The standard InChI is InChI=1S/C18H17F2NO2/c1-11(12-6-7-15(19)16(20)9-12)21-10-14-8-13-4-3-5-17(22-2)18(13)23-14/h3-9,11,21H,10H2,1-2H3. The van der Waals surface area contributed by atoms with Crippen molar-refractivity contribution < 1.29 is 17.9 Å². The smallest absolute Gasteiger partial charge is 0.176 e. The maximum absolute atomic E-state index is 13.3. The number of benzene rings is 2. The SMILES string of the molecule is COc1cccc2cc(CNC(C)c3ccc(F)c(F)c3)oc12. The van der Waals surface area contributed by atoms with Crippen molar-refractivity contribution in [3.05, 3.63) is 65.4 Å². The summed E-state index contributed by atoms with van der Waals surface area (Å²) in [5.74, 6) is -0.253. The molecule has 0 saturated heterocycles. The lowest BCUT2D eigenvalue weighted by molar-refractivity contribution is 0.404. The maximum Gasteiger partial charge on any atom is 0.176 e. The molecule has 3 aromatic rings. The Hall–Kier alpha value is -2.40. The van der Waals surface area contributed by atoms with Gasteiger partial charge in [0, 0.05) is 11.4 Å². The van der Waals surface area contributed by atoms with Gasteiger partial charge in [0.05, 0.1) is 13.7 Å². The molecule has 3 nitrogen and oxygen atoms in total. The van der Waals surface area contributed by atoms with Gasteiger partial charge in [-0.1, -0.05) is 18.2 Å². The first-order chi connectivity index (χ1) is 11.1. The Kier molecular flexibility index (Phi) is 4.30. The Morgan fingerprint density at radius 2 is 1.96 bits per heavy atom. The number of nitrogens with one attached hydrogen (secondary N) is 1. The van der Waals surface area contributed by atoms with Crippen LogP contribution in [0.2, 0.25) is 0 Å². The van der Waals surface area contributed by atoms with Crippen LogP contribution in [0.15, 0.2) is 46.9 Å². The lowest BCUT2D eigenvalue weighted by atomic mass is 10.1. The molecule has 0 radical (unpaired) electrons. The van der Waals surface area contributed by atoms with Crippen LogP contribution >= 0.6 is 0 Å². The molecule has 0 bridgehead atoms. The second kappa shape index (κ2) is 6.38. The first-order valence-electron chi connectivity index (χ1n) is 7.32. The fourth-order valence-electron chi connectivity index (χ4n) is 2.49. The predicted molar refractivity (Wildman–Crippen MR) is 84.4 cm³/mol. The molecule has 0 amide bonds. The summed E-state index contributed by atoms with van der Waals surface area (Å²) in [5, 5.41) is 4.20. The molecule has 0 aliphatic carbocycles. The van der Waals surface area contributed by atoms with E-state index in [1.54, 1.807) is 13.2 Å². The number of fused-ring (bicyclic) bond motifs is 1. The molecule has 1 N–H and O–H groups in total. The largest absolute Gasteiger partial charge is 0.493 e. The van der Waals surface area contributed by atoms with Gasteiger partial charge in [-0.05, 0) is 36.8 Å². The summed E-state index contributed by atoms with van der Waals surface area (Å²) in [6.45, 7) is 2.36. The molecule has 1 atom stereocenters. The molecule has 0 spiro atoms. The molecule has 0 aliphatic heterocycles. The minimum atomic E-state index is -0.843. The number of para-hydroxylation sites is 1. The molecule has 2 aromatic carbocycles. The Morgan fingerprint density at radius 3 is 2.70 bits per heavy atom. The minimum Gasteiger partial charge on any atom is -0.493 e. The summed E-state index contributed by atoms with van der Waals surface area (Å²) >= 11 is 0. The normalized spacial score (nSPS) is 12.5. The van der Waals surface area contributed by atoms with Crippen molar-refractivity contribution in [2.24, 2.45) is 0 Å². The van der Waals surface area contributed by atoms with Gasteiger partial charge in [0.2, 0.25) is 0 Å². The summed E-state index contributed by atoms with van der Waals surface area (Å²) in [5.41, 5.74) is 1.38. The quantitative estimate of drug-likeness (QED) is 0.748. The lowest BCUT2D eigenvalue weighted by Gasteiger charge is -2.13. The van der Waals surface area contributed by atoms with E-state index in [1.807, 2.05) is 31.2 Å². The summed E-state index contributed by atoms with van der Waals surface area (Å²) < 4.78 is 37.3. The Balaban J connectivity index is 1.73. The highest BCUT2D eigenvalue weighted by Gasteiger charge is 2.12. The number of methoxy groups -OCH3 is 1. The molecule has 1 heterocycles. The van der Waals surface area contributed by atoms with E-state index in [1.165, 1.54) is 6.07 Å². The van der Waals surface area contributed by atoms with Crippen LogP contribution in [-0.4, -0.2) is 7.11 Å². The zero-order chi connectivity index (χ0) is 16.4. The van der Waals surface area contributed by atoms with Crippen molar-refractivity contribution >= 4 is 11.0 Å². The molecule has 1 unspecified atom stereocenters. The van der Waals surface area contributed by atoms with Gasteiger partial charge in [-0.2, -0.15) is 0 Å². The van der Waals surface area contributed by atoms with Crippen molar-refractivity contribution in [1.82, 2.24) is 5.32 Å². The monoisotopic (exact) mass is 317 g/mol. The van der Waals surface area contributed by atoms with Crippen molar-refractivity contribution in [2.75, 3.05) is 7.11 Å². The number of furan rings is 1. The molecule has 3 rings (SSSR count). The van der Waals surface area contributed by atoms with Crippen LogP contribution in [0.1, 0.15) is 24.3 Å². The van der Waals surface area contributed by atoms with E-state index in [2.05, 4.69) is 5.32 Å². The number of hydrogen-bond acceptors (Lipinski definition) is 3. The lowest BCUT2D eigenvalue weighted by Crippen LogP contribution is -2.18. The van der Waals surface area contributed by atoms with Crippen LogP contribution < -0.4 is 10.1 Å². The van der Waals surface area contributed by atoms with E-state index >= 15 is 0 Å². The second-order valence-electron chi connectivity index (χ2n) is 5.37.